The molecule has 0 unspecified atom stereocenters. The Hall–Kier alpha value is -1.75. The first kappa shape index (κ1) is 15.6. The quantitative estimate of drug-likeness (QED) is 0.313. The molecule has 2 rings (SSSR count). The predicted octanol–water partition coefficient (Wildman–Crippen LogP) is 2.65. The Labute approximate surface area is 126 Å². The summed E-state index contributed by atoms with van der Waals surface area (Å²) in [5.41, 5.74) is 1.96. The highest BCUT2D eigenvalue weighted by Gasteiger charge is 2.22. The number of benzene rings is 1. The standard InChI is InChI=1S/C16H25N3O2/c1-3-21-10-4-9-17-16(18-13-5-6-13)19-15-8-7-14(20)11-12(15)2/h7-8,11,13,20H,3-6,9-10H2,1-2H3,(H2,17,18,19). The molecule has 0 aliphatic heterocycles. The second kappa shape index (κ2) is 7.88. The van der Waals surface area contributed by atoms with Crippen molar-refractivity contribution in [3.8, 4) is 5.75 Å². The number of aliphatic imine (C=N–C) groups is 1. The van der Waals surface area contributed by atoms with Gasteiger partial charge in [0.2, 0.25) is 0 Å². The van der Waals surface area contributed by atoms with Crippen molar-refractivity contribution in [1.82, 2.24) is 5.32 Å². The van der Waals surface area contributed by atoms with E-state index in [0.717, 1.165) is 43.4 Å². The number of phenols is 1. The maximum absolute atomic E-state index is 9.46. The molecule has 0 amide bonds. The minimum Gasteiger partial charge on any atom is -0.508 e. The number of hydrogen-bond acceptors (Lipinski definition) is 3. The molecule has 0 radical (unpaired) electrons. The summed E-state index contributed by atoms with van der Waals surface area (Å²) < 4.78 is 5.32. The molecule has 1 aliphatic rings. The van der Waals surface area contributed by atoms with Gasteiger partial charge in [0.05, 0.1) is 0 Å². The highest BCUT2D eigenvalue weighted by Crippen LogP contribution is 2.22. The maximum atomic E-state index is 9.46. The molecule has 0 saturated heterocycles. The average Bonchev–Trinajstić information content (AvgIpc) is 3.25. The molecular weight excluding hydrogens is 266 g/mol. The van der Waals surface area contributed by atoms with Crippen LogP contribution in [0.25, 0.3) is 0 Å². The van der Waals surface area contributed by atoms with Crippen molar-refractivity contribution in [1.29, 1.82) is 0 Å². The van der Waals surface area contributed by atoms with Crippen LogP contribution in [0.15, 0.2) is 23.2 Å². The summed E-state index contributed by atoms with van der Waals surface area (Å²) in [5.74, 6) is 1.09. The fourth-order valence-corrected chi connectivity index (χ4v) is 1.96. The lowest BCUT2D eigenvalue weighted by atomic mass is 10.2. The van der Waals surface area contributed by atoms with E-state index in [-0.39, 0.29) is 5.75 Å². The van der Waals surface area contributed by atoms with Crippen LogP contribution < -0.4 is 10.6 Å². The molecule has 5 heteroatoms. The first-order valence-corrected chi connectivity index (χ1v) is 7.64. The minimum absolute atomic E-state index is 0.281. The van der Waals surface area contributed by atoms with Crippen LogP contribution in [0.4, 0.5) is 5.69 Å². The molecule has 1 aliphatic carbocycles. The molecule has 0 bridgehead atoms. The van der Waals surface area contributed by atoms with E-state index in [0.29, 0.717) is 6.04 Å². The molecule has 0 aromatic heterocycles. The van der Waals surface area contributed by atoms with Gasteiger partial charge in [-0.2, -0.15) is 0 Å². The fourth-order valence-electron chi connectivity index (χ4n) is 1.96. The molecule has 0 heterocycles. The minimum atomic E-state index is 0.281. The summed E-state index contributed by atoms with van der Waals surface area (Å²) in [4.78, 5) is 4.59. The van der Waals surface area contributed by atoms with Crippen molar-refractivity contribution in [2.75, 3.05) is 25.1 Å². The van der Waals surface area contributed by atoms with Gasteiger partial charge in [-0.05, 0) is 56.9 Å². The molecular formula is C16H25N3O2. The first-order chi connectivity index (χ1) is 10.2. The number of anilines is 1. The third-order valence-corrected chi connectivity index (χ3v) is 3.30. The van der Waals surface area contributed by atoms with Crippen molar-refractivity contribution in [3.63, 3.8) is 0 Å². The number of aryl methyl sites for hydroxylation is 1. The van der Waals surface area contributed by atoms with Gasteiger partial charge >= 0.3 is 0 Å². The van der Waals surface area contributed by atoms with Gasteiger partial charge in [-0.1, -0.05) is 0 Å². The molecule has 116 valence electrons. The zero-order chi connectivity index (χ0) is 15.1. The third kappa shape index (κ3) is 5.63. The summed E-state index contributed by atoms with van der Waals surface area (Å²) >= 11 is 0. The van der Waals surface area contributed by atoms with Crippen molar-refractivity contribution in [2.45, 2.75) is 39.2 Å². The Balaban J connectivity index is 1.93. The highest BCUT2D eigenvalue weighted by atomic mass is 16.5. The van der Waals surface area contributed by atoms with Crippen LogP contribution in [0.1, 0.15) is 31.7 Å². The average molecular weight is 291 g/mol. The smallest absolute Gasteiger partial charge is 0.196 e. The Bertz CT molecular complexity index is 484. The van der Waals surface area contributed by atoms with Gasteiger partial charge < -0.3 is 20.5 Å². The van der Waals surface area contributed by atoms with Crippen molar-refractivity contribution in [3.05, 3.63) is 23.8 Å². The van der Waals surface area contributed by atoms with Crippen LogP contribution in [0.3, 0.4) is 0 Å². The number of phenolic OH excluding ortho intramolecular Hbond substituents is 1. The predicted molar refractivity (Wildman–Crippen MR) is 86.0 cm³/mol. The number of aromatic hydroxyl groups is 1. The molecule has 0 spiro atoms. The normalized spacial score (nSPS) is 15.0. The third-order valence-electron chi connectivity index (χ3n) is 3.30. The summed E-state index contributed by atoms with van der Waals surface area (Å²) in [6, 6.07) is 5.83. The maximum Gasteiger partial charge on any atom is 0.196 e. The summed E-state index contributed by atoms with van der Waals surface area (Å²) in [6.45, 7) is 6.19. The van der Waals surface area contributed by atoms with Gasteiger partial charge in [0, 0.05) is 31.5 Å². The Morgan fingerprint density at radius 1 is 1.43 bits per heavy atom. The Morgan fingerprint density at radius 3 is 2.90 bits per heavy atom. The number of ether oxygens (including phenoxy) is 1. The second-order valence-corrected chi connectivity index (χ2v) is 5.32. The number of rotatable bonds is 7. The lowest BCUT2D eigenvalue weighted by Crippen LogP contribution is -2.33. The Kier molecular flexibility index (Phi) is 5.87. The van der Waals surface area contributed by atoms with E-state index in [1.165, 1.54) is 12.8 Å². The SMILES string of the molecule is CCOCCCN=C(Nc1ccc(O)cc1C)NC1CC1. The van der Waals surface area contributed by atoms with E-state index in [4.69, 9.17) is 4.74 Å². The van der Waals surface area contributed by atoms with Gasteiger partial charge in [0.25, 0.3) is 0 Å². The molecule has 1 fully saturated rings. The topological polar surface area (TPSA) is 65.9 Å². The van der Waals surface area contributed by atoms with E-state index in [2.05, 4.69) is 15.6 Å². The molecule has 5 nitrogen and oxygen atoms in total. The highest BCUT2D eigenvalue weighted by molar-refractivity contribution is 5.94. The summed E-state index contributed by atoms with van der Waals surface area (Å²) in [7, 11) is 0. The van der Waals surface area contributed by atoms with Crippen LogP contribution in [0.5, 0.6) is 5.75 Å². The summed E-state index contributed by atoms with van der Waals surface area (Å²) in [6.07, 6.45) is 3.32. The number of guanidine groups is 1. The number of hydrogen-bond donors (Lipinski definition) is 3. The largest absolute Gasteiger partial charge is 0.508 e. The number of nitrogens with zero attached hydrogens (tertiary/aromatic N) is 1. The van der Waals surface area contributed by atoms with Gasteiger partial charge in [-0.15, -0.1) is 0 Å². The molecule has 3 N–H and O–H groups in total. The van der Waals surface area contributed by atoms with Crippen LogP contribution in [0.2, 0.25) is 0 Å². The van der Waals surface area contributed by atoms with Crippen molar-refractivity contribution in [2.24, 2.45) is 4.99 Å². The van der Waals surface area contributed by atoms with Crippen molar-refractivity contribution >= 4 is 11.6 Å². The van der Waals surface area contributed by atoms with Crippen LogP contribution >= 0.6 is 0 Å². The van der Waals surface area contributed by atoms with E-state index in [1.54, 1.807) is 12.1 Å². The fraction of sp³-hybridized carbons (Fsp3) is 0.562. The first-order valence-electron chi connectivity index (χ1n) is 7.64. The van der Waals surface area contributed by atoms with Gasteiger partial charge in [-0.25, -0.2) is 0 Å². The van der Waals surface area contributed by atoms with E-state index in [9.17, 15) is 5.11 Å². The van der Waals surface area contributed by atoms with E-state index in [1.807, 2.05) is 19.9 Å². The van der Waals surface area contributed by atoms with Gasteiger partial charge in [0.1, 0.15) is 5.75 Å². The van der Waals surface area contributed by atoms with Gasteiger partial charge in [-0.3, -0.25) is 4.99 Å². The molecule has 21 heavy (non-hydrogen) atoms. The Morgan fingerprint density at radius 2 is 2.24 bits per heavy atom. The monoisotopic (exact) mass is 291 g/mol. The lowest BCUT2D eigenvalue weighted by molar-refractivity contribution is 0.146. The molecule has 1 aromatic rings. The zero-order valence-corrected chi connectivity index (χ0v) is 12.9. The van der Waals surface area contributed by atoms with Crippen molar-refractivity contribution < 1.29 is 9.84 Å². The van der Waals surface area contributed by atoms with Crippen LogP contribution in [-0.2, 0) is 4.74 Å². The lowest BCUT2D eigenvalue weighted by Gasteiger charge is -2.14. The zero-order valence-electron chi connectivity index (χ0n) is 12.9. The summed E-state index contributed by atoms with van der Waals surface area (Å²) in [5, 5.41) is 16.2. The second-order valence-electron chi connectivity index (χ2n) is 5.32. The number of nitrogens with one attached hydrogen (secondary N) is 2. The molecule has 1 aromatic carbocycles. The van der Waals surface area contributed by atoms with Gasteiger partial charge in [0.15, 0.2) is 5.96 Å². The molecule has 1 saturated carbocycles. The van der Waals surface area contributed by atoms with Crippen LogP contribution in [0, 0.1) is 6.92 Å². The molecule has 0 atom stereocenters. The van der Waals surface area contributed by atoms with E-state index < -0.39 is 0 Å². The van der Waals surface area contributed by atoms with E-state index >= 15 is 0 Å². The van der Waals surface area contributed by atoms with Crippen LogP contribution in [-0.4, -0.2) is 36.9 Å².